The van der Waals surface area contributed by atoms with E-state index in [0.29, 0.717) is 4.88 Å². The summed E-state index contributed by atoms with van der Waals surface area (Å²) >= 11 is 7.67. The molecule has 0 aliphatic carbocycles. The highest BCUT2D eigenvalue weighted by atomic mass is 79.9. The molecule has 0 bridgehead atoms. The zero-order valence-electron chi connectivity index (χ0n) is 6.05. The van der Waals surface area contributed by atoms with Crippen LogP contribution in [0.5, 0.6) is 0 Å². The molecule has 0 fully saturated rings. The van der Waals surface area contributed by atoms with Crippen molar-refractivity contribution in [1.82, 2.24) is 0 Å². The van der Waals surface area contributed by atoms with Gasteiger partial charge in [0.1, 0.15) is 0 Å². The van der Waals surface area contributed by atoms with Crippen LogP contribution in [0.2, 0.25) is 0 Å². The Morgan fingerprint density at radius 1 is 1.62 bits per heavy atom. The fraction of sp³-hybridized carbons (Fsp3) is 0. The number of halogens is 3. The van der Waals surface area contributed by atoms with Crippen molar-refractivity contribution in [2.45, 2.75) is 0 Å². The van der Waals surface area contributed by atoms with E-state index in [1.54, 1.807) is 6.07 Å². The van der Waals surface area contributed by atoms with Crippen molar-refractivity contribution in [3.8, 4) is 0 Å². The fourth-order valence-corrected chi connectivity index (χ4v) is 2.64. The number of carboxylic acid groups (broad SMARTS) is 1. The molecule has 0 radical (unpaired) electrons. The Balaban J connectivity index is 2.98. The maximum absolute atomic E-state index is 12.6. The van der Waals surface area contributed by atoms with Gasteiger partial charge in [0.2, 0.25) is 5.83 Å². The van der Waals surface area contributed by atoms with E-state index in [1.807, 2.05) is 0 Å². The molecule has 1 heterocycles. The van der Waals surface area contributed by atoms with Crippen LogP contribution >= 0.6 is 43.2 Å². The molecule has 0 saturated heterocycles. The van der Waals surface area contributed by atoms with Crippen molar-refractivity contribution >= 4 is 55.2 Å². The summed E-state index contributed by atoms with van der Waals surface area (Å²) < 4.78 is 14.2. The van der Waals surface area contributed by atoms with Crippen molar-refractivity contribution in [2.24, 2.45) is 0 Å². The molecule has 1 aromatic rings. The average molecular weight is 330 g/mol. The maximum atomic E-state index is 12.6. The summed E-state index contributed by atoms with van der Waals surface area (Å²) in [6, 6.07) is 1.64. The Bertz CT molecular complexity index is 353. The molecular formula is C7H3Br2FO2S. The summed E-state index contributed by atoms with van der Waals surface area (Å²) in [6.45, 7) is 0. The number of thiophene rings is 1. The standard InChI is InChI=1S/C7H3Br2FO2S/c8-4-1-3(13-6(4)9)2-5(10)7(11)12/h1-2H,(H,11,12)/b5-2-. The molecular weight excluding hydrogens is 327 g/mol. The minimum atomic E-state index is -1.55. The quantitative estimate of drug-likeness (QED) is 0.841. The van der Waals surface area contributed by atoms with Gasteiger partial charge in [0.05, 0.1) is 3.79 Å². The Hall–Kier alpha value is -0.200. The number of hydrogen-bond acceptors (Lipinski definition) is 2. The molecule has 0 aliphatic rings. The van der Waals surface area contributed by atoms with Gasteiger partial charge in [-0.2, -0.15) is 4.39 Å². The van der Waals surface area contributed by atoms with Crippen molar-refractivity contribution in [2.75, 3.05) is 0 Å². The monoisotopic (exact) mass is 328 g/mol. The van der Waals surface area contributed by atoms with E-state index < -0.39 is 11.8 Å². The van der Waals surface area contributed by atoms with Gasteiger partial charge in [-0.05, 0) is 44.0 Å². The number of carboxylic acids is 1. The summed E-state index contributed by atoms with van der Waals surface area (Å²) in [4.78, 5) is 10.7. The smallest absolute Gasteiger partial charge is 0.364 e. The van der Waals surface area contributed by atoms with Gasteiger partial charge in [-0.3, -0.25) is 0 Å². The van der Waals surface area contributed by atoms with E-state index in [9.17, 15) is 9.18 Å². The number of aliphatic carboxylic acids is 1. The largest absolute Gasteiger partial charge is 0.476 e. The minimum Gasteiger partial charge on any atom is -0.476 e. The number of rotatable bonds is 2. The van der Waals surface area contributed by atoms with Crippen LogP contribution in [0.25, 0.3) is 6.08 Å². The average Bonchev–Trinajstić information content (AvgIpc) is 2.31. The van der Waals surface area contributed by atoms with Gasteiger partial charge in [-0.15, -0.1) is 11.3 Å². The molecule has 0 spiro atoms. The molecule has 0 amide bonds. The van der Waals surface area contributed by atoms with Crippen LogP contribution in [0.15, 0.2) is 20.2 Å². The molecule has 0 aromatic carbocycles. The molecule has 13 heavy (non-hydrogen) atoms. The van der Waals surface area contributed by atoms with E-state index in [2.05, 4.69) is 31.9 Å². The first kappa shape index (κ1) is 10.9. The van der Waals surface area contributed by atoms with Gasteiger partial charge in [-0.25, -0.2) is 4.79 Å². The van der Waals surface area contributed by atoms with Crippen molar-refractivity contribution < 1.29 is 14.3 Å². The highest BCUT2D eigenvalue weighted by molar-refractivity contribution is 9.13. The highest BCUT2D eigenvalue weighted by Gasteiger charge is 2.08. The summed E-state index contributed by atoms with van der Waals surface area (Å²) in [5, 5.41) is 8.26. The Morgan fingerprint density at radius 3 is 2.62 bits per heavy atom. The van der Waals surface area contributed by atoms with E-state index in [0.717, 1.165) is 14.3 Å². The first-order valence-electron chi connectivity index (χ1n) is 3.06. The molecule has 70 valence electrons. The fourth-order valence-electron chi connectivity index (χ4n) is 0.621. The maximum Gasteiger partial charge on any atom is 0.364 e. The predicted molar refractivity (Wildman–Crippen MR) is 56.4 cm³/mol. The van der Waals surface area contributed by atoms with Gasteiger partial charge in [-0.1, -0.05) is 0 Å². The van der Waals surface area contributed by atoms with Crippen LogP contribution in [0, 0.1) is 0 Å². The van der Waals surface area contributed by atoms with Gasteiger partial charge in [0, 0.05) is 9.35 Å². The molecule has 6 heteroatoms. The van der Waals surface area contributed by atoms with Crippen LogP contribution in [-0.4, -0.2) is 11.1 Å². The molecule has 0 unspecified atom stereocenters. The summed E-state index contributed by atoms with van der Waals surface area (Å²) in [5.74, 6) is -2.72. The van der Waals surface area contributed by atoms with Crippen LogP contribution in [0.3, 0.4) is 0 Å². The lowest BCUT2D eigenvalue weighted by Gasteiger charge is -1.85. The second kappa shape index (κ2) is 4.34. The van der Waals surface area contributed by atoms with Crippen LogP contribution in [-0.2, 0) is 4.79 Å². The molecule has 1 aromatic heterocycles. The number of hydrogen-bond donors (Lipinski definition) is 1. The lowest BCUT2D eigenvalue weighted by atomic mass is 10.4. The summed E-state index contributed by atoms with van der Waals surface area (Å²) in [7, 11) is 0. The predicted octanol–water partition coefficient (Wildman–Crippen LogP) is 3.67. The van der Waals surface area contributed by atoms with Crippen molar-refractivity contribution in [3.05, 3.63) is 25.0 Å². The lowest BCUT2D eigenvalue weighted by molar-refractivity contribution is -0.134. The van der Waals surface area contributed by atoms with E-state index in [4.69, 9.17) is 5.11 Å². The van der Waals surface area contributed by atoms with Gasteiger partial charge < -0.3 is 5.11 Å². The Morgan fingerprint density at radius 2 is 2.23 bits per heavy atom. The molecule has 0 atom stereocenters. The van der Waals surface area contributed by atoms with Gasteiger partial charge in [0.15, 0.2) is 0 Å². The SMILES string of the molecule is O=C(O)/C(F)=C/c1cc(Br)c(Br)s1. The third-order valence-corrected chi connectivity index (χ3v) is 4.34. The summed E-state index contributed by atoms with van der Waals surface area (Å²) in [5.41, 5.74) is 0. The second-order valence-corrected chi connectivity index (χ2v) is 5.32. The third kappa shape index (κ3) is 2.89. The van der Waals surface area contributed by atoms with E-state index >= 15 is 0 Å². The molecule has 1 rings (SSSR count). The zero-order valence-corrected chi connectivity index (χ0v) is 10.0. The topological polar surface area (TPSA) is 37.3 Å². The Labute approximate surface area is 94.3 Å². The van der Waals surface area contributed by atoms with E-state index in [-0.39, 0.29) is 0 Å². The first-order valence-corrected chi connectivity index (χ1v) is 5.46. The summed E-state index contributed by atoms with van der Waals surface area (Å²) in [6.07, 6.45) is 0.975. The van der Waals surface area contributed by atoms with Crippen molar-refractivity contribution in [3.63, 3.8) is 0 Å². The number of carbonyl (C=O) groups is 1. The van der Waals surface area contributed by atoms with Gasteiger partial charge in [0.25, 0.3) is 0 Å². The molecule has 0 aliphatic heterocycles. The zero-order chi connectivity index (χ0) is 10.0. The van der Waals surface area contributed by atoms with Crippen LogP contribution < -0.4 is 0 Å². The van der Waals surface area contributed by atoms with Gasteiger partial charge >= 0.3 is 5.97 Å². The third-order valence-electron chi connectivity index (χ3n) is 1.14. The highest BCUT2D eigenvalue weighted by Crippen LogP contribution is 2.33. The minimum absolute atomic E-state index is 0.540. The van der Waals surface area contributed by atoms with Crippen molar-refractivity contribution in [1.29, 1.82) is 0 Å². The van der Waals surface area contributed by atoms with Crippen LogP contribution in [0.4, 0.5) is 4.39 Å². The molecule has 0 saturated carbocycles. The first-order chi connectivity index (χ1) is 6.00. The Kier molecular flexibility index (Phi) is 3.63. The lowest BCUT2D eigenvalue weighted by Crippen LogP contribution is -1.93. The normalized spacial score (nSPS) is 11.8. The van der Waals surface area contributed by atoms with Crippen LogP contribution in [0.1, 0.15) is 4.88 Å². The van der Waals surface area contributed by atoms with E-state index in [1.165, 1.54) is 11.3 Å². The molecule has 1 N–H and O–H groups in total. The second-order valence-electron chi connectivity index (χ2n) is 2.07. The molecule has 2 nitrogen and oxygen atoms in total.